The van der Waals surface area contributed by atoms with Crippen molar-refractivity contribution in [3.05, 3.63) is 71.6 Å². The van der Waals surface area contributed by atoms with Crippen molar-refractivity contribution in [2.75, 3.05) is 0 Å². The molecule has 3 aromatic rings. The fourth-order valence-corrected chi connectivity index (χ4v) is 7.27. The summed E-state index contributed by atoms with van der Waals surface area (Å²) in [6, 6.07) is 16.3. The Hall–Kier alpha value is -3.81. The number of ether oxygens (including phenoxy) is 1. The molecule has 1 aromatic heterocycles. The van der Waals surface area contributed by atoms with Crippen LogP contribution in [0.5, 0.6) is 11.5 Å². The van der Waals surface area contributed by atoms with E-state index in [-0.39, 0.29) is 18.0 Å². The van der Waals surface area contributed by atoms with Gasteiger partial charge in [0.25, 0.3) is 0 Å². The van der Waals surface area contributed by atoms with Crippen LogP contribution in [0.15, 0.2) is 64.2 Å². The number of aryl methyl sites for hydroxylation is 1. The highest BCUT2D eigenvalue weighted by molar-refractivity contribution is 5.84. The fraction of sp³-hybridized carbons (Fsp3) is 0.514. The summed E-state index contributed by atoms with van der Waals surface area (Å²) >= 11 is 0. The van der Waals surface area contributed by atoms with E-state index in [2.05, 4.69) is 21.0 Å². The molecule has 0 saturated heterocycles. The van der Waals surface area contributed by atoms with Crippen LogP contribution < -0.4 is 10.5 Å². The van der Waals surface area contributed by atoms with E-state index in [1.807, 2.05) is 49.4 Å². The Morgan fingerprint density at radius 1 is 1.02 bits per heavy atom. The number of carbonyl (C=O) groups excluding carboxylic acids is 1. The van der Waals surface area contributed by atoms with Crippen LogP contribution in [-0.4, -0.2) is 38.9 Å². The van der Waals surface area contributed by atoms with E-state index in [0.29, 0.717) is 31.4 Å². The third-order valence-electron chi connectivity index (χ3n) is 9.67. The topological polar surface area (TPSA) is 97.2 Å². The van der Waals surface area contributed by atoms with Gasteiger partial charge in [0.15, 0.2) is 5.96 Å². The molecule has 0 spiro atoms. The highest BCUT2D eigenvalue weighted by atomic mass is 16.5. The zero-order valence-corrected chi connectivity index (χ0v) is 25.4. The van der Waals surface area contributed by atoms with Gasteiger partial charge in [-0.3, -0.25) is 4.79 Å². The number of para-hydroxylation sites is 1. The average Bonchev–Trinajstić information content (AvgIpc) is 3.45. The van der Waals surface area contributed by atoms with E-state index in [9.17, 15) is 4.79 Å². The van der Waals surface area contributed by atoms with Gasteiger partial charge in [0, 0.05) is 36.2 Å². The van der Waals surface area contributed by atoms with Gasteiger partial charge in [0.05, 0.1) is 18.4 Å². The van der Waals surface area contributed by atoms with E-state index >= 15 is 0 Å². The minimum atomic E-state index is 0.158. The number of guanidine groups is 1. The third kappa shape index (κ3) is 7.06. The average molecular weight is 584 g/mol. The lowest BCUT2D eigenvalue weighted by molar-refractivity contribution is -0.135. The first kappa shape index (κ1) is 29.3. The number of benzene rings is 2. The molecule has 1 amide bonds. The molecular weight excluding hydrogens is 538 g/mol. The highest BCUT2D eigenvalue weighted by Gasteiger charge is 2.34. The Labute approximate surface area is 255 Å². The second-order valence-corrected chi connectivity index (χ2v) is 12.5. The monoisotopic (exact) mass is 583 g/mol. The van der Waals surface area contributed by atoms with Crippen molar-refractivity contribution in [1.82, 2.24) is 15.0 Å². The molecule has 0 radical (unpaired) electrons. The van der Waals surface area contributed by atoms with Gasteiger partial charge < -0.3 is 24.8 Å². The predicted octanol–water partition coefficient (Wildman–Crippen LogP) is 7.63. The van der Waals surface area contributed by atoms with Crippen LogP contribution in [0.3, 0.4) is 0 Å². The van der Waals surface area contributed by atoms with Crippen molar-refractivity contribution < 1.29 is 14.1 Å². The zero-order valence-electron chi connectivity index (χ0n) is 25.4. The van der Waals surface area contributed by atoms with Crippen LogP contribution in [0.4, 0.5) is 5.69 Å². The molecule has 1 aliphatic heterocycles. The van der Waals surface area contributed by atoms with Gasteiger partial charge in [-0.2, -0.15) is 0 Å². The van der Waals surface area contributed by atoms with Crippen LogP contribution in [0, 0.1) is 12.8 Å². The molecule has 2 heterocycles. The number of aromatic nitrogens is 1. The molecule has 2 saturated carbocycles. The summed E-state index contributed by atoms with van der Waals surface area (Å²) in [4.78, 5) is 23.3. The molecule has 0 unspecified atom stereocenters. The standard InChI is InChI=1S/C35H45N5O3/c1-25-28(22-37-43-25)24-39(29-13-7-3-8-14-29)34(41)20-19-33(26-11-5-2-6-12-26)40-23-27-21-31(17-18-32(27)38-35(40)36)42-30-15-9-4-10-16-30/h4,9-10,15-18,21-22,26,29,33H,2-3,5-8,11-14,19-20,23-24H2,1H3,(H2,36,38)/t33-/m0/s1. The molecule has 2 aromatic carbocycles. The molecule has 0 bridgehead atoms. The van der Waals surface area contributed by atoms with E-state index < -0.39 is 0 Å². The summed E-state index contributed by atoms with van der Waals surface area (Å²) in [7, 11) is 0. The van der Waals surface area contributed by atoms with Gasteiger partial charge >= 0.3 is 0 Å². The number of nitrogens with zero attached hydrogens (tertiary/aromatic N) is 4. The molecule has 3 aliphatic rings. The van der Waals surface area contributed by atoms with Crippen molar-refractivity contribution in [2.45, 2.75) is 109 Å². The lowest BCUT2D eigenvalue weighted by Gasteiger charge is -2.42. The maximum absolute atomic E-state index is 14.0. The minimum absolute atomic E-state index is 0.158. The Balaban J connectivity index is 1.20. The third-order valence-corrected chi connectivity index (χ3v) is 9.67. The molecule has 228 valence electrons. The van der Waals surface area contributed by atoms with E-state index in [1.165, 1.54) is 51.4 Å². The number of hydrogen-bond acceptors (Lipinski definition) is 7. The summed E-state index contributed by atoms with van der Waals surface area (Å²) in [5.74, 6) is 3.65. The number of hydrogen-bond donors (Lipinski definition) is 1. The van der Waals surface area contributed by atoms with Crippen LogP contribution in [-0.2, 0) is 17.9 Å². The maximum atomic E-state index is 14.0. The summed E-state index contributed by atoms with van der Waals surface area (Å²) in [6.45, 7) is 3.16. The Morgan fingerprint density at radius 3 is 2.49 bits per heavy atom. The summed E-state index contributed by atoms with van der Waals surface area (Å²) < 4.78 is 11.5. The van der Waals surface area contributed by atoms with Crippen molar-refractivity contribution in [1.29, 1.82) is 0 Å². The molecule has 2 fully saturated rings. The number of carbonyl (C=O) groups is 1. The Kier molecular flexibility index (Phi) is 9.30. The minimum Gasteiger partial charge on any atom is -0.457 e. The molecule has 2 N–H and O–H groups in total. The van der Waals surface area contributed by atoms with E-state index in [1.54, 1.807) is 6.20 Å². The second-order valence-electron chi connectivity index (χ2n) is 12.5. The van der Waals surface area contributed by atoms with Crippen molar-refractivity contribution in [3.8, 4) is 11.5 Å². The van der Waals surface area contributed by atoms with Crippen LogP contribution >= 0.6 is 0 Å². The smallest absolute Gasteiger partial charge is 0.223 e. The van der Waals surface area contributed by atoms with Gasteiger partial charge in [-0.15, -0.1) is 0 Å². The molecule has 1 atom stereocenters. The lowest BCUT2D eigenvalue weighted by atomic mass is 9.81. The van der Waals surface area contributed by atoms with Crippen molar-refractivity contribution >= 4 is 17.6 Å². The number of aliphatic imine (C=N–C) groups is 1. The van der Waals surface area contributed by atoms with Gasteiger partial charge in [0.1, 0.15) is 17.3 Å². The molecule has 6 rings (SSSR count). The molecule has 8 heteroatoms. The number of rotatable bonds is 10. The number of fused-ring (bicyclic) bond motifs is 1. The normalized spacial score (nSPS) is 18.5. The fourth-order valence-electron chi connectivity index (χ4n) is 7.27. The van der Waals surface area contributed by atoms with E-state index in [0.717, 1.165) is 53.3 Å². The van der Waals surface area contributed by atoms with Crippen LogP contribution in [0.1, 0.15) is 93.9 Å². The SMILES string of the molecule is Cc1oncc1CN(C(=O)CC[C@@H](C1CCCCC1)N1Cc2cc(Oc3ccccc3)ccc2N=C1N)C1CCCCC1. The molecule has 2 aliphatic carbocycles. The summed E-state index contributed by atoms with van der Waals surface area (Å²) in [6.07, 6.45) is 14.8. The van der Waals surface area contributed by atoms with Gasteiger partial charge in [-0.05, 0) is 75.3 Å². The molecule has 43 heavy (non-hydrogen) atoms. The van der Waals surface area contributed by atoms with Gasteiger partial charge in [-0.25, -0.2) is 4.99 Å². The zero-order chi connectivity index (χ0) is 29.6. The Morgan fingerprint density at radius 2 is 1.77 bits per heavy atom. The van der Waals surface area contributed by atoms with Gasteiger partial charge in [-0.1, -0.05) is 61.9 Å². The van der Waals surface area contributed by atoms with Crippen LogP contribution in [0.25, 0.3) is 0 Å². The lowest BCUT2D eigenvalue weighted by Crippen LogP contribution is -2.50. The summed E-state index contributed by atoms with van der Waals surface area (Å²) in [5, 5.41) is 3.98. The second kappa shape index (κ2) is 13.7. The quantitative estimate of drug-likeness (QED) is 0.264. The Bertz CT molecular complexity index is 1390. The van der Waals surface area contributed by atoms with Crippen LogP contribution in [0.2, 0.25) is 0 Å². The number of nitrogens with two attached hydrogens (primary N) is 1. The largest absolute Gasteiger partial charge is 0.457 e. The predicted molar refractivity (Wildman–Crippen MR) is 168 cm³/mol. The van der Waals surface area contributed by atoms with Crippen molar-refractivity contribution in [3.63, 3.8) is 0 Å². The van der Waals surface area contributed by atoms with E-state index in [4.69, 9.17) is 20.0 Å². The highest BCUT2D eigenvalue weighted by Crippen LogP contribution is 2.37. The first-order valence-electron chi connectivity index (χ1n) is 16.2. The first-order valence-corrected chi connectivity index (χ1v) is 16.2. The maximum Gasteiger partial charge on any atom is 0.223 e. The van der Waals surface area contributed by atoms with Gasteiger partial charge in [0.2, 0.25) is 5.91 Å². The summed E-state index contributed by atoms with van der Waals surface area (Å²) in [5.41, 5.74) is 9.67. The number of amides is 1. The van der Waals surface area contributed by atoms with Crippen molar-refractivity contribution in [2.24, 2.45) is 16.6 Å². The molecule has 8 nitrogen and oxygen atoms in total. The first-order chi connectivity index (χ1) is 21.0. The molecular formula is C35H45N5O3.